The summed E-state index contributed by atoms with van der Waals surface area (Å²) in [6.07, 6.45) is 6.76. The van der Waals surface area contributed by atoms with Gasteiger partial charge in [-0.2, -0.15) is 5.10 Å². The fourth-order valence-corrected chi connectivity index (χ4v) is 5.15. The Morgan fingerprint density at radius 2 is 2.03 bits per heavy atom. The summed E-state index contributed by atoms with van der Waals surface area (Å²) >= 11 is 0. The van der Waals surface area contributed by atoms with Crippen LogP contribution in [0.5, 0.6) is 11.5 Å². The maximum atomic E-state index is 13.1. The predicted molar refractivity (Wildman–Crippen MR) is 136 cm³/mol. The van der Waals surface area contributed by atoms with Crippen LogP contribution >= 0.6 is 0 Å². The van der Waals surface area contributed by atoms with Crippen LogP contribution in [0.1, 0.15) is 35.7 Å². The van der Waals surface area contributed by atoms with Crippen molar-refractivity contribution in [3.8, 4) is 22.8 Å². The number of fused-ring (bicyclic) bond motifs is 1. The molecule has 1 saturated heterocycles. The largest absolute Gasteiger partial charge is 0.457 e. The van der Waals surface area contributed by atoms with Gasteiger partial charge < -0.3 is 15.4 Å². The molecule has 178 valence electrons. The molecule has 0 radical (unpaired) electrons. The summed E-state index contributed by atoms with van der Waals surface area (Å²) in [5.74, 6) is 1.47. The number of hydrogen-bond acceptors (Lipinski definition) is 5. The fourth-order valence-electron chi connectivity index (χ4n) is 5.15. The first kappa shape index (κ1) is 21.8. The van der Waals surface area contributed by atoms with E-state index in [1.807, 2.05) is 60.4 Å². The van der Waals surface area contributed by atoms with Crippen molar-refractivity contribution < 1.29 is 9.53 Å². The lowest BCUT2D eigenvalue weighted by Gasteiger charge is -2.20. The number of nitrogens with one attached hydrogen (secondary N) is 2. The van der Waals surface area contributed by atoms with E-state index in [1.54, 1.807) is 6.20 Å². The maximum Gasteiger partial charge on any atom is 0.251 e. The highest BCUT2D eigenvalue weighted by atomic mass is 16.5. The van der Waals surface area contributed by atoms with Crippen LogP contribution in [0.3, 0.4) is 0 Å². The minimum Gasteiger partial charge on any atom is -0.457 e. The van der Waals surface area contributed by atoms with Crippen molar-refractivity contribution in [1.29, 1.82) is 0 Å². The zero-order valence-corrected chi connectivity index (χ0v) is 20.0. The van der Waals surface area contributed by atoms with Gasteiger partial charge in [-0.15, -0.1) is 0 Å². The Morgan fingerprint density at radius 1 is 1.17 bits per heavy atom. The van der Waals surface area contributed by atoms with Crippen molar-refractivity contribution in [2.24, 2.45) is 12.5 Å². The van der Waals surface area contributed by atoms with E-state index in [2.05, 4.69) is 33.7 Å². The van der Waals surface area contributed by atoms with Gasteiger partial charge in [-0.3, -0.25) is 14.5 Å². The number of aromatic nitrogens is 3. The molecule has 1 unspecified atom stereocenters. The van der Waals surface area contributed by atoms with E-state index in [-0.39, 0.29) is 17.4 Å². The van der Waals surface area contributed by atoms with Gasteiger partial charge in [-0.25, -0.2) is 0 Å². The van der Waals surface area contributed by atoms with Gasteiger partial charge in [0, 0.05) is 66.4 Å². The van der Waals surface area contributed by atoms with E-state index < -0.39 is 0 Å². The van der Waals surface area contributed by atoms with Gasteiger partial charge in [0.2, 0.25) is 0 Å². The lowest BCUT2D eigenvalue weighted by molar-refractivity contribution is 0.0927. The molecule has 35 heavy (non-hydrogen) atoms. The molecule has 2 fully saturated rings. The van der Waals surface area contributed by atoms with Crippen molar-refractivity contribution >= 4 is 16.8 Å². The number of rotatable bonds is 6. The molecule has 6 rings (SSSR count). The summed E-state index contributed by atoms with van der Waals surface area (Å²) in [6.45, 7) is 3.95. The van der Waals surface area contributed by atoms with Crippen LogP contribution < -0.4 is 15.4 Å². The van der Waals surface area contributed by atoms with Crippen LogP contribution in [0.2, 0.25) is 0 Å². The molecule has 1 atom stereocenters. The third-order valence-corrected chi connectivity index (χ3v) is 7.48. The Labute approximate surface area is 204 Å². The first-order chi connectivity index (χ1) is 17.0. The summed E-state index contributed by atoms with van der Waals surface area (Å²) in [4.78, 5) is 17.7. The Balaban J connectivity index is 1.23. The molecule has 1 amide bonds. The van der Waals surface area contributed by atoms with Gasteiger partial charge in [0.25, 0.3) is 5.91 Å². The monoisotopic (exact) mass is 467 g/mol. The SMILES string of the molecule is CCc1cc(-c2cc(Oc3ccc4cnn(C)c4c3)ccn2)ccc1C(=O)NC1CNCC12CC2. The molecule has 7 nitrogen and oxygen atoms in total. The van der Waals surface area contributed by atoms with E-state index in [0.29, 0.717) is 5.75 Å². The lowest BCUT2D eigenvalue weighted by Crippen LogP contribution is -2.41. The topological polar surface area (TPSA) is 81.1 Å². The third-order valence-electron chi connectivity index (χ3n) is 7.48. The molecule has 2 aliphatic rings. The quantitative estimate of drug-likeness (QED) is 0.437. The highest BCUT2D eigenvalue weighted by Crippen LogP contribution is 2.50. The Bertz CT molecular complexity index is 1420. The molecule has 2 N–H and O–H groups in total. The van der Waals surface area contributed by atoms with Crippen molar-refractivity contribution in [2.45, 2.75) is 32.2 Å². The van der Waals surface area contributed by atoms with Crippen LogP contribution in [0.4, 0.5) is 0 Å². The second kappa shape index (κ2) is 8.50. The van der Waals surface area contributed by atoms with E-state index >= 15 is 0 Å². The zero-order chi connectivity index (χ0) is 24.0. The van der Waals surface area contributed by atoms with Crippen molar-refractivity contribution in [3.05, 3.63) is 72.1 Å². The molecule has 2 aromatic heterocycles. The van der Waals surface area contributed by atoms with Crippen LogP contribution in [0, 0.1) is 5.41 Å². The zero-order valence-electron chi connectivity index (χ0n) is 20.0. The second-order valence-electron chi connectivity index (χ2n) is 9.71. The van der Waals surface area contributed by atoms with Crippen molar-refractivity contribution in [2.75, 3.05) is 13.1 Å². The van der Waals surface area contributed by atoms with Gasteiger partial charge >= 0.3 is 0 Å². The molecule has 1 aliphatic carbocycles. The number of nitrogens with zero attached hydrogens (tertiary/aromatic N) is 3. The summed E-state index contributed by atoms with van der Waals surface area (Å²) in [5, 5.41) is 12.1. The van der Waals surface area contributed by atoms with E-state index in [1.165, 1.54) is 12.8 Å². The molecule has 1 saturated carbocycles. The number of pyridine rings is 1. The average Bonchev–Trinajstić information content (AvgIpc) is 3.44. The van der Waals surface area contributed by atoms with Gasteiger partial charge in [-0.05, 0) is 55.2 Å². The number of ether oxygens (including phenoxy) is 1. The van der Waals surface area contributed by atoms with Crippen LogP contribution in [0.15, 0.2) is 60.9 Å². The predicted octanol–water partition coefficient (Wildman–Crippen LogP) is 4.47. The molecule has 1 aliphatic heterocycles. The molecule has 4 aromatic rings. The Kier molecular flexibility index (Phi) is 5.29. The van der Waals surface area contributed by atoms with Gasteiger partial charge in [-0.1, -0.05) is 13.0 Å². The Hall–Kier alpha value is -3.71. The fraction of sp³-hybridized carbons (Fsp3) is 0.321. The number of aryl methyl sites for hydroxylation is 2. The molecule has 1 spiro atoms. The summed E-state index contributed by atoms with van der Waals surface area (Å²) < 4.78 is 7.97. The van der Waals surface area contributed by atoms with Gasteiger partial charge in [0.1, 0.15) is 11.5 Å². The highest BCUT2D eigenvalue weighted by Gasteiger charge is 2.52. The molecule has 0 bridgehead atoms. The Morgan fingerprint density at radius 3 is 2.86 bits per heavy atom. The van der Waals surface area contributed by atoms with Crippen LogP contribution in [-0.2, 0) is 13.5 Å². The molecule has 7 heteroatoms. The standard InChI is InChI=1S/C28H29N5O2/c1-3-18-12-19(5-7-23(18)27(34)32-26-16-29-17-28(26)9-10-28)24-13-22(8-11-30-24)35-21-6-4-20-15-31-33(2)25(20)14-21/h4-8,11-15,26,29H,3,9-10,16-17H2,1-2H3,(H,32,34). The molecule has 2 aromatic carbocycles. The number of carbonyl (C=O) groups is 1. The molecular weight excluding hydrogens is 438 g/mol. The first-order valence-electron chi connectivity index (χ1n) is 12.3. The van der Waals surface area contributed by atoms with Gasteiger partial charge in [0.05, 0.1) is 17.4 Å². The summed E-state index contributed by atoms with van der Waals surface area (Å²) in [7, 11) is 1.92. The number of hydrogen-bond donors (Lipinski definition) is 2. The van der Waals surface area contributed by atoms with Crippen LogP contribution in [0.25, 0.3) is 22.2 Å². The number of carbonyl (C=O) groups excluding carboxylic acids is 1. The normalized spacial score (nSPS) is 18.2. The van der Waals surface area contributed by atoms with E-state index in [4.69, 9.17) is 4.74 Å². The maximum absolute atomic E-state index is 13.1. The number of amides is 1. The van der Waals surface area contributed by atoms with Crippen LogP contribution in [-0.4, -0.2) is 39.8 Å². The minimum atomic E-state index is 0.0176. The van der Waals surface area contributed by atoms with E-state index in [9.17, 15) is 4.79 Å². The van der Waals surface area contributed by atoms with Crippen molar-refractivity contribution in [3.63, 3.8) is 0 Å². The average molecular weight is 468 g/mol. The highest BCUT2D eigenvalue weighted by molar-refractivity contribution is 5.96. The minimum absolute atomic E-state index is 0.0176. The second-order valence-corrected chi connectivity index (χ2v) is 9.71. The first-order valence-corrected chi connectivity index (χ1v) is 12.3. The third kappa shape index (κ3) is 4.06. The summed E-state index contributed by atoms with van der Waals surface area (Å²) in [5.41, 5.74) is 4.84. The lowest BCUT2D eigenvalue weighted by atomic mass is 9.97. The smallest absolute Gasteiger partial charge is 0.251 e. The number of benzene rings is 2. The van der Waals surface area contributed by atoms with Gasteiger partial charge in [0.15, 0.2) is 0 Å². The van der Waals surface area contributed by atoms with Crippen molar-refractivity contribution in [1.82, 2.24) is 25.4 Å². The van der Waals surface area contributed by atoms with E-state index in [0.717, 1.165) is 58.5 Å². The molecular formula is C28H29N5O2. The molecule has 3 heterocycles. The summed E-state index contributed by atoms with van der Waals surface area (Å²) in [6, 6.07) is 15.9.